The highest BCUT2D eigenvalue weighted by atomic mass is 19.1. The number of carbonyl (C=O) groups is 2. The summed E-state index contributed by atoms with van der Waals surface area (Å²) in [4.78, 5) is 27.9. The molecule has 1 saturated heterocycles. The molecule has 8 nitrogen and oxygen atoms in total. The highest BCUT2D eigenvalue weighted by Crippen LogP contribution is 2.26. The summed E-state index contributed by atoms with van der Waals surface area (Å²) in [5.41, 5.74) is 7.24. The van der Waals surface area contributed by atoms with Gasteiger partial charge in [0.2, 0.25) is 5.78 Å². The Kier molecular flexibility index (Phi) is 6.36. The number of benzene rings is 1. The molecule has 2 bridgehead atoms. The molecular formula is C23H26FN5O3. The minimum absolute atomic E-state index is 0.134. The molecular weight excluding hydrogens is 413 g/mol. The second kappa shape index (κ2) is 9.35. The zero-order chi connectivity index (χ0) is 22.7. The molecule has 1 fully saturated rings. The van der Waals surface area contributed by atoms with Gasteiger partial charge in [-0.15, -0.1) is 0 Å². The maximum absolute atomic E-state index is 14.0. The van der Waals surface area contributed by atoms with Gasteiger partial charge in [-0.1, -0.05) is 18.2 Å². The van der Waals surface area contributed by atoms with Crippen LogP contribution in [-0.4, -0.2) is 44.2 Å². The van der Waals surface area contributed by atoms with Crippen LogP contribution in [-0.2, 0) is 16.1 Å². The number of hydrogen-bond donors (Lipinski definition) is 3. The van der Waals surface area contributed by atoms with Crippen molar-refractivity contribution in [1.82, 2.24) is 25.5 Å². The summed E-state index contributed by atoms with van der Waals surface area (Å²) in [6, 6.07) is 6.41. The first-order valence-electron chi connectivity index (χ1n) is 10.7. The third kappa shape index (κ3) is 4.29. The highest BCUT2D eigenvalue weighted by molar-refractivity contribution is 6.29. The van der Waals surface area contributed by atoms with Gasteiger partial charge in [-0.05, 0) is 38.7 Å². The fraction of sp³-hybridized carbons (Fsp3) is 0.348. The molecule has 0 saturated carbocycles. The standard InChI is InChI=1S/C23H26FN5O3/c1-2-29-20-10-6-4-8-17(23(29)32)21(30)22(31)18(12-25-27-20)16-11-26-28(14-16)13-15-7-3-5-9-19(15)24/h3,5,7,9,11-12,14,20,25,27,30H,2,4,6,8,10,13H2,1H3/b18-12-,21-17-/t20-/m0/s1. The quantitative estimate of drug-likeness (QED) is 0.677. The predicted octanol–water partition coefficient (Wildman–Crippen LogP) is 2.65. The molecule has 32 heavy (non-hydrogen) atoms. The van der Waals surface area contributed by atoms with Crippen molar-refractivity contribution >= 4 is 17.3 Å². The number of Topliss-reactive ketones (excluding diaryl/α,β-unsaturated/α-hetero) is 1. The largest absolute Gasteiger partial charge is 0.504 e. The predicted molar refractivity (Wildman–Crippen MR) is 116 cm³/mol. The van der Waals surface area contributed by atoms with Crippen molar-refractivity contribution in [3.8, 4) is 0 Å². The van der Waals surface area contributed by atoms with Gasteiger partial charge in [0.25, 0.3) is 5.91 Å². The van der Waals surface area contributed by atoms with E-state index in [2.05, 4.69) is 16.0 Å². The van der Waals surface area contributed by atoms with Crippen LogP contribution < -0.4 is 10.9 Å². The molecule has 2 aliphatic heterocycles. The Morgan fingerprint density at radius 1 is 1.25 bits per heavy atom. The molecule has 4 rings (SSSR count). The molecule has 1 aromatic carbocycles. The lowest BCUT2D eigenvalue weighted by atomic mass is 9.95. The molecule has 9 heteroatoms. The van der Waals surface area contributed by atoms with Crippen LogP contribution in [0.15, 0.2) is 54.2 Å². The van der Waals surface area contributed by atoms with Crippen molar-refractivity contribution in [3.05, 3.63) is 71.1 Å². The third-order valence-corrected chi connectivity index (χ3v) is 5.84. The highest BCUT2D eigenvalue weighted by Gasteiger charge is 2.32. The van der Waals surface area contributed by atoms with Crippen molar-refractivity contribution < 1.29 is 19.1 Å². The van der Waals surface area contributed by atoms with Crippen LogP contribution >= 0.6 is 0 Å². The Bertz CT molecular complexity index is 1090. The normalized spacial score (nSPS) is 23.9. The summed E-state index contributed by atoms with van der Waals surface area (Å²) in [6.07, 6.45) is 6.94. The first-order valence-corrected chi connectivity index (χ1v) is 10.7. The smallest absolute Gasteiger partial charge is 0.254 e. The van der Waals surface area contributed by atoms with Crippen molar-refractivity contribution in [2.24, 2.45) is 0 Å². The van der Waals surface area contributed by atoms with Crippen LogP contribution in [0.4, 0.5) is 4.39 Å². The molecule has 3 heterocycles. The number of ketones is 1. The minimum Gasteiger partial charge on any atom is -0.504 e. The molecule has 0 spiro atoms. The van der Waals surface area contributed by atoms with Gasteiger partial charge in [-0.2, -0.15) is 5.10 Å². The summed E-state index contributed by atoms with van der Waals surface area (Å²) in [5.74, 6) is -1.88. The fourth-order valence-electron chi connectivity index (χ4n) is 4.10. The van der Waals surface area contributed by atoms with Crippen LogP contribution in [0, 0.1) is 5.82 Å². The number of aliphatic hydroxyl groups excluding tert-OH is 1. The first kappa shape index (κ1) is 21.8. The number of aromatic nitrogens is 2. The first-order chi connectivity index (χ1) is 15.5. The second-order valence-corrected chi connectivity index (χ2v) is 7.87. The molecule has 3 N–H and O–H groups in total. The summed E-state index contributed by atoms with van der Waals surface area (Å²) < 4.78 is 15.5. The van der Waals surface area contributed by atoms with E-state index in [1.165, 1.54) is 23.1 Å². The van der Waals surface area contributed by atoms with E-state index in [1.807, 2.05) is 6.92 Å². The summed E-state index contributed by atoms with van der Waals surface area (Å²) in [7, 11) is 0. The van der Waals surface area contributed by atoms with Gasteiger partial charge in [-0.25, -0.2) is 9.82 Å². The Hall–Kier alpha value is -3.46. The van der Waals surface area contributed by atoms with Crippen LogP contribution in [0.2, 0.25) is 0 Å². The number of halogens is 1. The van der Waals surface area contributed by atoms with Crippen molar-refractivity contribution in [2.45, 2.75) is 45.3 Å². The number of hydrogen-bond acceptors (Lipinski definition) is 6. The molecule has 1 aromatic heterocycles. The Labute approximate surface area is 185 Å². The maximum Gasteiger partial charge on any atom is 0.254 e. The van der Waals surface area contributed by atoms with E-state index in [0.29, 0.717) is 30.5 Å². The van der Waals surface area contributed by atoms with Gasteiger partial charge in [0.15, 0.2) is 5.76 Å². The molecule has 1 atom stereocenters. The molecule has 0 aliphatic carbocycles. The van der Waals surface area contributed by atoms with E-state index in [4.69, 9.17) is 0 Å². The lowest BCUT2D eigenvalue weighted by Crippen LogP contribution is -2.53. The van der Waals surface area contributed by atoms with Gasteiger partial charge >= 0.3 is 0 Å². The van der Waals surface area contributed by atoms with Crippen molar-refractivity contribution in [1.29, 1.82) is 0 Å². The number of nitrogens with one attached hydrogen (secondary N) is 2. The minimum atomic E-state index is -0.664. The number of aliphatic hydroxyl groups is 1. The van der Waals surface area contributed by atoms with Gasteiger partial charge in [0.1, 0.15) is 5.82 Å². The van der Waals surface area contributed by atoms with Crippen LogP contribution in [0.3, 0.4) is 0 Å². The van der Waals surface area contributed by atoms with E-state index >= 15 is 0 Å². The SMILES string of the molecule is CCN1C(=O)/C2=C(\O)C(=O)/C(c3cnn(Cc4ccccc4F)c3)=C\NN[C@@H]1CCCC2. The van der Waals surface area contributed by atoms with Crippen molar-refractivity contribution in [2.75, 3.05) is 6.54 Å². The zero-order valence-electron chi connectivity index (χ0n) is 17.8. The molecule has 2 aliphatic rings. The molecule has 0 radical (unpaired) electrons. The number of fused-ring (bicyclic) bond motifs is 3. The summed E-state index contributed by atoms with van der Waals surface area (Å²) in [6.45, 7) is 2.50. The Balaban J connectivity index is 1.68. The average Bonchev–Trinajstić information content (AvgIpc) is 3.23. The Morgan fingerprint density at radius 2 is 2.06 bits per heavy atom. The number of rotatable bonds is 4. The van der Waals surface area contributed by atoms with Gasteiger partial charge < -0.3 is 15.4 Å². The summed E-state index contributed by atoms with van der Waals surface area (Å²) >= 11 is 0. The average molecular weight is 439 g/mol. The van der Waals surface area contributed by atoms with Crippen LogP contribution in [0.1, 0.15) is 43.7 Å². The van der Waals surface area contributed by atoms with E-state index in [0.717, 1.165) is 12.8 Å². The topological polar surface area (TPSA) is 99.5 Å². The zero-order valence-corrected chi connectivity index (χ0v) is 17.8. The van der Waals surface area contributed by atoms with Gasteiger partial charge in [-0.3, -0.25) is 14.3 Å². The number of likely N-dealkylation sites (N-methyl/N-ethyl adjacent to an activating group) is 1. The third-order valence-electron chi connectivity index (χ3n) is 5.84. The number of allylic oxidation sites excluding steroid dienone is 1. The van der Waals surface area contributed by atoms with E-state index < -0.39 is 11.5 Å². The van der Waals surface area contributed by atoms with E-state index in [1.54, 1.807) is 29.3 Å². The van der Waals surface area contributed by atoms with Crippen LogP contribution in [0.25, 0.3) is 5.57 Å². The second-order valence-electron chi connectivity index (χ2n) is 7.87. The fourth-order valence-corrected chi connectivity index (χ4v) is 4.10. The van der Waals surface area contributed by atoms with Crippen LogP contribution in [0.5, 0.6) is 0 Å². The number of hydrazine groups is 1. The molecule has 2 aromatic rings. The Morgan fingerprint density at radius 3 is 2.84 bits per heavy atom. The van der Waals surface area contributed by atoms with Gasteiger partial charge in [0, 0.05) is 30.1 Å². The van der Waals surface area contributed by atoms with Crippen molar-refractivity contribution in [3.63, 3.8) is 0 Å². The lowest BCUT2D eigenvalue weighted by Gasteiger charge is -2.34. The number of carbonyl (C=O) groups excluding carboxylic acids is 2. The molecule has 1 amide bonds. The van der Waals surface area contributed by atoms with E-state index in [-0.39, 0.29) is 35.6 Å². The van der Waals surface area contributed by atoms with Gasteiger partial charge in [0.05, 0.1) is 30.1 Å². The lowest BCUT2D eigenvalue weighted by molar-refractivity contribution is -0.131. The molecule has 0 unspecified atom stereocenters. The van der Waals surface area contributed by atoms with E-state index in [9.17, 15) is 19.1 Å². The maximum atomic E-state index is 14.0. The monoisotopic (exact) mass is 439 g/mol. The number of nitrogens with zero attached hydrogens (tertiary/aromatic N) is 3. The summed E-state index contributed by atoms with van der Waals surface area (Å²) in [5, 5.41) is 15.1. The number of amides is 1. The molecule has 168 valence electrons.